The second-order valence-corrected chi connectivity index (χ2v) is 4.36. The van der Waals surface area contributed by atoms with Crippen LogP contribution < -0.4 is 10.5 Å². The van der Waals surface area contributed by atoms with Crippen molar-refractivity contribution in [1.82, 2.24) is 0 Å². The fourth-order valence-corrected chi connectivity index (χ4v) is 1.82. The number of hydrogen-bond donors (Lipinski definition) is 1. The van der Waals surface area contributed by atoms with Crippen molar-refractivity contribution in [3.05, 3.63) is 71.5 Å². The van der Waals surface area contributed by atoms with Crippen LogP contribution in [0.5, 0.6) is 11.5 Å². The van der Waals surface area contributed by atoms with Crippen molar-refractivity contribution in [3.63, 3.8) is 0 Å². The summed E-state index contributed by atoms with van der Waals surface area (Å²) in [6, 6.07) is 11.3. The largest absolute Gasteiger partial charge is 0.453 e. The fourth-order valence-electron chi connectivity index (χ4n) is 1.63. The van der Waals surface area contributed by atoms with E-state index in [4.69, 9.17) is 22.1 Å². The summed E-state index contributed by atoms with van der Waals surface area (Å²) in [5.41, 5.74) is 6.05. The highest BCUT2D eigenvalue weighted by Crippen LogP contribution is 2.35. The summed E-state index contributed by atoms with van der Waals surface area (Å²) >= 11 is 5.97. The van der Waals surface area contributed by atoms with Gasteiger partial charge in [-0.15, -0.1) is 6.58 Å². The van der Waals surface area contributed by atoms with Crippen molar-refractivity contribution < 1.29 is 9.13 Å². The van der Waals surface area contributed by atoms with Crippen LogP contribution in [0.2, 0.25) is 5.02 Å². The SMILES string of the molecule is C=C[C@@H](N)c1ccc(Cl)c(Oc2ccccc2)c1F. The molecule has 2 aromatic rings. The zero-order valence-electron chi connectivity index (χ0n) is 10.1. The molecule has 2 rings (SSSR count). The summed E-state index contributed by atoms with van der Waals surface area (Å²) in [5.74, 6) is -0.0842. The van der Waals surface area contributed by atoms with E-state index >= 15 is 0 Å². The number of hydrogen-bond acceptors (Lipinski definition) is 2. The molecule has 0 saturated carbocycles. The lowest BCUT2D eigenvalue weighted by atomic mass is 10.1. The molecule has 98 valence electrons. The van der Waals surface area contributed by atoms with E-state index in [-0.39, 0.29) is 10.8 Å². The normalized spacial score (nSPS) is 11.9. The average Bonchev–Trinajstić information content (AvgIpc) is 2.44. The second kappa shape index (κ2) is 5.87. The van der Waals surface area contributed by atoms with Crippen molar-refractivity contribution in [2.45, 2.75) is 6.04 Å². The zero-order chi connectivity index (χ0) is 13.8. The number of halogens is 2. The van der Waals surface area contributed by atoms with Crippen LogP contribution in [0.3, 0.4) is 0 Å². The Balaban J connectivity index is 2.42. The molecule has 0 unspecified atom stereocenters. The molecule has 0 fully saturated rings. The van der Waals surface area contributed by atoms with Crippen LogP contribution >= 0.6 is 11.6 Å². The first-order valence-corrected chi connectivity index (χ1v) is 6.10. The lowest BCUT2D eigenvalue weighted by Gasteiger charge is -2.14. The lowest BCUT2D eigenvalue weighted by molar-refractivity contribution is 0.437. The minimum atomic E-state index is -0.601. The van der Waals surface area contributed by atoms with Crippen LogP contribution in [0.1, 0.15) is 11.6 Å². The highest BCUT2D eigenvalue weighted by Gasteiger charge is 2.17. The topological polar surface area (TPSA) is 35.2 Å². The molecule has 0 aliphatic carbocycles. The zero-order valence-corrected chi connectivity index (χ0v) is 10.9. The van der Waals surface area contributed by atoms with E-state index in [9.17, 15) is 4.39 Å². The van der Waals surface area contributed by atoms with Gasteiger partial charge in [-0.1, -0.05) is 41.9 Å². The Morgan fingerprint density at radius 1 is 1.21 bits per heavy atom. The van der Waals surface area contributed by atoms with Gasteiger partial charge in [-0.05, 0) is 18.2 Å². The van der Waals surface area contributed by atoms with Crippen LogP contribution in [0, 0.1) is 5.82 Å². The van der Waals surface area contributed by atoms with Crippen molar-refractivity contribution in [2.24, 2.45) is 5.73 Å². The van der Waals surface area contributed by atoms with E-state index in [0.29, 0.717) is 11.3 Å². The minimum absolute atomic E-state index is 0.0253. The Morgan fingerprint density at radius 3 is 2.53 bits per heavy atom. The summed E-state index contributed by atoms with van der Waals surface area (Å²) in [6.07, 6.45) is 1.46. The molecule has 2 nitrogen and oxygen atoms in total. The predicted octanol–water partition coefficient (Wildman–Crippen LogP) is 4.46. The maximum absolute atomic E-state index is 14.3. The molecule has 19 heavy (non-hydrogen) atoms. The van der Waals surface area contributed by atoms with E-state index in [1.54, 1.807) is 30.3 Å². The molecule has 0 saturated heterocycles. The van der Waals surface area contributed by atoms with Gasteiger partial charge in [0.15, 0.2) is 11.6 Å². The Hall–Kier alpha value is -1.84. The smallest absolute Gasteiger partial charge is 0.181 e. The lowest BCUT2D eigenvalue weighted by Crippen LogP contribution is -2.09. The summed E-state index contributed by atoms with van der Waals surface area (Å²) in [5, 5.41) is 0.196. The van der Waals surface area contributed by atoms with Gasteiger partial charge < -0.3 is 10.5 Å². The van der Waals surface area contributed by atoms with E-state index in [1.165, 1.54) is 12.1 Å². The number of benzene rings is 2. The fraction of sp³-hybridized carbons (Fsp3) is 0.0667. The maximum Gasteiger partial charge on any atom is 0.181 e. The molecule has 0 spiro atoms. The van der Waals surface area contributed by atoms with Gasteiger partial charge in [0.1, 0.15) is 5.75 Å². The Kier molecular flexibility index (Phi) is 4.20. The highest BCUT2D eigenvalue weighted by atomic mass is 35.5. The summed E-state index contributed by atoms with van der Waals surface area (Å²) in [7, 11) is 0. The van der Waals surface area contributed by atoms with Crippen LogP contribution in [0.4, 0.5) is 4.39 Å². The molecule has 0 amide bonds. The molecular formula is C15H13ClFNO. The van der Waals surface area contributed by atoms with E-state index in [1.807, 2.05) is 6.07 Å². The first-order chi connectivity index (χ1) is 9.13. The highest BCUT2D eigenvalue weighted by molar-refractivity contribution is 6.32. The number of ether oxygens (including phenoxy) is 1. The molecule has 0 bridgehead atoms. The molecule has 0 heterocycles. The van der Waals surface area contributed by atoms with Gasteiger partial charge in [-0.3, -0.25) is 0 Å². The second-order valence-electron chi connectivity index (χ2n) is 3.96. The molecule has 0 radical (unpaired) electrons. The summed E-state index contributed by atoms with van der Waals surface area (Å²) < 4.78 is 19.8. The summed E-state index contributed by atoms with van der Waals surface area (Å²) in [6.45, 7) is 3.55. The predicted molar refractivity (Wildman–Crippen MR) is 75.1 cm³/mol. The van der Waals surface area contributed by atoms with Gasteiger partial charge in [-0.25, -0.2) is 4.39 Å². The van der Waals surface area contributed by atoms with Gasteiger partial charge in [-0.2, -0.15) is 0 Å². The first-order valence-electron chi connectivity index (χ1n) is 5.72. The van der Waals surface area contributed by atoms with Crippen molar-refractivity contribution in [2.75, 3.05) is 0 Å². The summed E-state index contributed by atoms with van der Waals surface area (Å²) in [4.78, 5) is 0. The molecule has 1 atom stereocenters. The van der Waals surface area contributed by atoms with E-state index < -0.39 is 11.9 Å². The standard InChI is InChI=1S/C15H13ClFNO/c1-2-13(18)11-8-9-12(16)15(14(11)17)19-10-6-4-3-5-7-10/h2-9,13H,1,18H2/t13-/m1/s1. The van der Waals surface area contributed by atoms with Crippen molar-refractivity contribution in [3.8, 4) is 11.5 Å². The molecular weight excluding hydrogens is 265 g/mol. The monoisotopic (exact) mass is 277 g/mol. The molecule has 2 N–H and O–H groups in total. The van der Waals surface area contributed by atoms with E-state index in [0.717, 1.165) is 0 Å². The Labute approximate surface area is 116 Å². The number of para-hydroxylation sites is 1. The van der Waals surface area contributed by atoms with Gasteiger partial charge >= 0.3 is 0 Å². The molecule has 0 aliphatic rings. The number of nitrogens with two attached hydrogens (primary N) is 1. The quantitative estimate of drug-likeness (QED) is 0.838. The average molecular weight is 278 g/mol. The van der Waals surface area contributed by atoms with Crippen LogP contribution in [-0.4, -0.2) is 0 Å². The van der Waals surface area contributed by atoms with Gasteiger partial charge in [0, 0.05) is 5.56 Å². The maximum atomic E-state index is 14.3. The van der Waals surface area contributed by atoms with Gasteiger partial charge in [0.25, 0.3) is 0 Å². The van der Waals surface area contributed by atoms with Crippen LogP contribution in [0.15, 0.2) is 55.1 Å². The Bertz CT molecular complexity index is 586. The van der Waals surface area contributed by atoms with Crippen molar-refractivity contribution >= 4 is 11.6 Å². The third-order valence-electron chi connectivity index (χ3n) is 2.66. The molecule has 0 aromatic heterocycles. The molecule has 2 aromatic carbocycles. The Morgan fingerprint density at radius 2 is 1.89 bits per heavy atom. The van der Waals surface area contributed by atoms with Crippen LogP contribution in [-0.2, 0) is 0 Å². The van der Waals surface area contributed by atoms with Gasteiger partial charge in [0.2, 0.25) is 0 Å². The first kappa shape index (κ1) is 13.6. The van der Waals surface area contributed by atoms with Crippen molar-refractivity contribution in [1.29, 1.82) is 0 Å². The molecule has 0 aliphatic heterocycles. The van der Waals surface area contributed by atoms with Gasteiger partial charge in [0.05, 0.1) is 11.1 Å². The minimum Gasteiger partial charge on any atom is -0.453 e. The molecule has 4 heteroatoms. The third-order valence-corrected chi connectivity index (χ3v) is 2.95. The third kappa shape index (κ3) is 2.95. The van der Waals surface area contributed by atoms with E-state index in [2.05, 4.69) is 6.58 Å². The van der Waals surface area contributed by atoms with Crippen LogP contribution in [0.25, 0.3) is 0 Å². The number of rotatable bonds is 4.